The first-order valence-corrected chi connectivity index (χ1v) is 7.80. The van der Waals surface area contributed by atoms with Crippen molar-refractivity contribution in [1.82, 2.24) is 5.32 Å². The summed E-state index contributed by atoms with van der Waals surface area (Å²) in [5, 5.41) is 24.7. The number of aliphatic hydroxyl groups is 1. The smallest absolute Gasteiger partial charge is 0.338 e. The van der Waals surface area contributed by atoms with Crippen LogP contribution in [0.2, 0.25) is 0 Å². The van der Waals surface area contributed by atoms with E-state index in [1.165, 1.54) is 11.3 Å². The average Bonchev–Trinajstić information content (AvgIpc) is 2.67. The molecule has 0 aromatic carbocycles. The predicted octanol–water partition coefficient (Wildman–Crippen LogP) is 2.49. The zero-order valence-corrected chi connectivity index (χ0v) is 12.9. The van der Waals surface area contributed by atoms with Crippen LogP contribution < -0.4 is 10.6 Å². The van der Waals surface area contributed by atoms with Gasteiger partial charge in [-0.25, -0.2) is 9.59 Å². The van der Waals surface area contributed by atoms with Crippen LogP contribution in [0.3, 0.4) is 0 Å². The molecule has 1 aliphatic carbocycles. The molecule has 0 unspecified atom stereocenters. The molecule has 2 rings (SSSR count). The second kappa shape index (κ2) is 6.44. The SMILES string of the molecule is Cc1sc(NC(=O)N[C@@H]2CCCC[C@H]2O)c(C(=O)O)c1C. The summed E-state index contributed by atoms with van der Waals surface area (Å²) in [6.45, 7) is 3.55. The predicted molar refractivity (Wildman–Crippen MR) is 81.2 cm³/mol. The van der Waals surface area contributed by atoms with Crippen molar-refractivity contribution in [3.05, 3.63) is 16.0 Å². The Morgan fingerprint density at radius 3 is 2.52 bits per heavy atom. The van der Waals surface area contributed by atoms with E-state index in [-0.39, 0.29) is 11.6 Å². The van der Waals surface area contributed by atoms with Gasteiger partial charge in [0.2, 0.25) is 0 Å². The van der Waals surface area contributed by atoms with E-state index in [9.17, 15) is 19.8 Å². The van der Waals surface area contributed by atoms with Gasteiger partial charge in [0.25, 0.3) is 0 Å². The van der Waals surface area contributed by atoms with Gasteiger partial charge in [0.1, 0.15) is 5.00 Å². The largest absolute Gasteiger partial charge is 0.478 e. The summed E-state index contributed by atoms with van der Waals surface area (Å²) in [4.78, 5) is 24.1. The Balaban J connectivity index is 2.06. The van der Waals surface area contributed by atoms with E-state index < -0.39 is 18.1 Å². The molecular formula is C14H20N2O4S. The van der Waals surface area contributed by atoms with Crippen LogP contribution in [-0.4, -0.2) is 34.4 Å². The Morgan fingerprint density at radius 2 is 1.90 bits per heavy atom. The first-order chi connectivity index (χ1) is 9.90. The van der Waals surface area contributed by atoms with Gasteiger partial charge in [0, 0.05) is 4.88 Å². The lowest BCUT2D eigenvalue weighted by Crippen LogP contribution is -2.46. The first-order valence-electron chi connectivity index (χ1n) is 6.99. The summed E-state index contributed by atoms with van der Waals surface area (Å²) in [5.74, 6) is -1.05. The number of hydrogen-bond donors (Lipinski definition) is 4. The van der Waals surface area contributed by atoms with Crippen LogP contribution in [0.1, 0.15) is 46.5 Å². The molecule has 2 amide bonds. The van der Waals surface area contributed by atoms with E-state index >= 15 is 0 Å². The van der Waals surface area contributed by atoms with E-state index in [4.69, 9.17) is 0 Å². The number of carboxylic acid groups (broad SMARTS) is 1. The molecular weight excluding hydrogens is 292 g/mol. The highest BCUT2D eigenvalue weighted by atomic mass is 32.1. The normalized spacial score (nSPS) is 21.9. The maximum atomic E-state index is 12.0. The summed E-state index contributed by atoms with van der Waals surface area (Å²) in [5.41, 5.74) is 0.803. The molecule has 1 heterocycles. The van der Waals surface area contributed by atoms with Crippen molar-refractivity contribution in [1.29, 1.82) is 0 Å². The zero-order valence-electron chi connectivity index (χ0n) is 12.1. The highest BCUT2D eigenvalue weighted by molar-refractivity contribution is 7.16. The molecule has 0 saturated heterocycles. The number of aromatic carboxylic acids is 1. The van der Waals surface area contributed by atoms with Gasteiger partial charge in [-0.15, -0.1) is 11.3 Å². The van der Waals surface area contributed by atoms with Gasteiger partial charge in [-0.3, -0.25) is 5.32 Å². The molecule has 1 aromatic rings. The number of nitrogens with one attached hydrogen (secondary N) is 2. The van der Waals surface area contributed by atoms with Crippen molar-refractivity contribution in [2.75, 3.05) is 5.32 Å². The van der Waals surface area contributed by atoms with E-state index in [1.54, 1.807) is 6.92 Å². The molecule has 0 spiro atoms. The standard InChI is InChI=1S/C14H20N2O4S/c1-7-8(2)21-12(11(7)13(18)19)16-14(20)15-9-5-3-4-6-10(9)17/h9-10,17H,3-6H2,1-2H3,(H,18,19)(H2,15,16,20)/t9-,10-/m1/s1. The number of rotatable bonds is 3. The minimum atomic E-state index is -1.05. The van der Waals surface area contributed by atoms with Crippen molar-refractivity contribution in [3.63, 3.8) is 0 Å². The fourth-order valence-corrected chi connectivity index (χ4v) is 3.61. The van der Waals surface area contributed by atoms with Crippen molar-refractivity contribution >= 4 is 28.3 Å². The molecule has 0 aliphatic heterocycles. The molecule has 0 radical (unpaired) electrons. The fourth-order valence-electron chi connectivity index (χ4n) is 2.56. The van der Waals surface area contributed by atoms with Gasteiger partial charge < -0.3 is 15.5 Å². The fraction of sp³-hybridized carbons (Fsp3) is 0.571. The number of carboxylic acids is 1. The number of thiophene rings is 1. The van der Waals surface area contributed by atoms with Crippen LogP contribution in [0.4, 0.5) is 9.80 Å². The van der Waals surface area contributed by atoms with Crippen molar-refractivity contribution in [3.8, 4) is 0 Å². The van der Waals surface area contributed by atoms with Crippen LogP contribution >= 0.6 is 11.3 Å². The van der Waals surface area contributed by atoms with E-state index in [0.29, 0.717) is 17.0 Å². The first kappa shape index (κ1) is 15.8. The minimum Gasteiger partial charge on any atom is -0.478 e. The summed E-state index contributed by atoms with van der Waals surface area (Å²) in [7, 11) is 0. The lowest BCUT2D eigenvalue weighted by atomic mass is 9.93. The third-order valence-corrected chi connectivity index (χ3v) is 4.99. The molecule has 1 saturated carbocycles. The molecule has 4 N–H and O–H groups in total. The Hall–Kier alpha value is -1.60. The lowest BCUT2D eigenvalue weighted by Gasteiger charge is -2.28. The Morgan fingerprint density at radius 1 is 1.24 bits per heavy atom. The molecule has 0 bridgehead atoms. The average molecular weight is 312 g/mol. The Kier molecular flexibility index (Phi) is 4.84. The van der Waals surface area contributed by atoms with E-state index in [0.717, 1.165) is 24.1 Å². The minimum absolute atomic E-state index is 0.136. The molecule has 7 heteroatoms. The van der Waals surface area contributed by atoms with E-state index in [1.807, 2.05) is 6.92 Å². The lowest BCUT2D eigenvalue weighted by molar-refractivity contribution is 0.0697. The number of anilines is 1. The van der Waals surface area contributed by atoms with Crippen molar-refractivity contribution in [2.45, 2.75) is 51.7 Å². The number of urea groups is 1. The number of carbonyl (C=O) groups is 2. The number of hydrogen-bond acceptors (Lipinski definition) is 4. The van der Waals surface area contributed by atoms with Crippen LogP contribution in [0, 0.1) is 13.8 Å². The number of amides is 2. The number of carbonyl (C=O) groups excluding carboxylic acids is 1. The molecule has 6 nitrogen and oxygen atoms in total. The van der Waals surface area contributed by atoms with Gasteiger partial charge >= 0.3 is 12.0 Å². The quantitative estimate of drug-likeness (QED) is 0.689. The molecule has 116 valence electrons. The van der Waals surface area contributed by atoms with Crippen LogP contribution in [0.15, 0.2) is 0 Å². The third kappa shape index (κ3) is 3.54. The summed E-state index contributed by atoms with van der Waals surface area (Å²) in [6.07, 6.45) is 2.83. The van der Waals surface area contributed by atoms with Crippen LogP contribution in [-0.2, 0) is 0 Å². The Bertz CT molecular complexity index is 555. The number of aliphatic hydroxyl groups excluding tert-OH is 1. The topological polar surface area (TPSA) is 98.7 Å². The van der Waals surface area contributed by atoms with Crippen LogP contribution in [0.25, 0.3) is 0 Å². The van der Waals surface area contributed by atoms with Crippen molar-refractivity contribution < 1.29 is 19.8 Å². The van der Waals surface area contributed by atoms with Crippen molar-refractivity contribution in [2.24, 2.45) is 0 Å². The monoisotopic (exact) mass is 312 g/mol. The molecule has 1 fully saturated rings. The molecule has 21 heavy (non-hydrogen) atoms. The molecule has 1 aromatic heterocycles. The van der Waals surface area contributed by atoms with Gasteiger partial charge in [-0.2, -0.15) is 0 Å². The summed E-state index contributed by atoms with van der Waals surface area (Å²) >= 11 is 1.25. The maximum absolute atomic E-state index is 12.0. The molecule has 1 aliphatic rings. The molecule has 2 atom stereocenters. The maximum Gasteiger partial charge on any atom is 0.338 e. The zero-order chi connectivity index (χ0) is 15.6. The number of aryl methyl sites for hydroxylation is 1. The highest BCUT2D eigenvalue weighted by Gasteiger charge is 2.26. The van der Waals surface area contributed by atoms with Gasteiger partial charge in [-0.1, -0.05) is 12.8 Å². The second-order valence-electron chi connectivity index (χ2n) is 5.35. The van der Waals surface area contributed by atoms with E-state index in [2.05, 4.69) is 10.6 Å². The summed E-state index contributed by atoms with van der Waals surface area (Å²) < 4.78 is 0. The van der Waals surface area contributed by atoms with Gasteiger partial charge in [0.15, 0.2) is 0 Å². The second-order valence-corrected chi connectivity index (χ2v) is 6.57. The summed E-state index contributed by atoms with van der Waals surface area (Å²) in [6, 6.07) is -0.737. The van der Waals surface area contributed by atoms with Gasteiger partial charge in [-0.05, 0) is 32.3 Å². The third-order valence-electron chi connectivity index (χ3n) is 3.87. The van der Waals surface area contributed by atoms with Crippen LogP contribution in [0.5, 0.6) is 0 Å². The highest BCUT2D eigenvalue weighted by Crippen LogP contribution is 2.32. The van der Waals surface area contributed by atoms with Gasteiger partial charge in [0.05, 0.1) is 17.7 Å². The Labute approximate surface area is 127 Å².